The number of hydrogen-bond acceptors (Lipinski definition) is 9. The standard InChI is InChI=1S/C16H19BrFN3O2.C8H6BrFN2.C8H14INO2.CH2O3.CH4.2K.H/c1-9-19-14-12(18)5-10(17)6-13(14)21(9)11-7-20(8-11)15(22)23-16(2,3)4;1-4-11-7-3-5(9)2-6(10)8(7)12-4;1-8(2,3)12-7(11)10-4-6(9)5-10;2-1-4-3;;;;/h5-6,11H,7-8H2,1-4H3;2-3H,1H3,(H,11,12);6H,4-5H2,1-3H3;1,3H;1H4;;;/q;;;;;2*+1;-1/p-1. The van der Waals surface area contributed by atoms with Crippen molar-refractivity contribution in [1.29, 1.82) is 0 Å². The summed E-state index contributed by atoms with van der Waals surface area (Å²) in [6.45, 7) is 17.4. The number of alkyl halides is 1. The summed E-state index contributed by atoms with van der Waals surface area (Å²) in [5.74, 6) is 0.816. The number of carbonyl (C=O) groups is 3. The number of imidazole rings is 2. The Kier molecular flexibility index (Phi) is 23.8. The number of amides is 2. The number of nitrogens with one attached hydrogen (secondary N) is 1. The van der Waals surface area contributed by atoms with E-state index in [1.54, 1.807) is 22.8 Å². The summed E-state index contributed by atoms with van der Waals surface area (Å²) >= 11 is 8.85. The van der Waals surface area contributed by atoms with Crippen LogP contribution < -0.4 is 108 Å². The van der Waals surface area contributed by atoms with Gasteiger partial charge in [-0.05, 0) is 79.7 Å². The van der Waals surface area contributed by atoms with Crippen LogP contribution in [0.2, 0.25) is 0 Å². The van der Waals surface area contributed by atoms with E-state index < -0.39 is 5.60 Å². The van der Waals surface area contributed by atoms with Crippen molar-refractivity contribution >= 4 is 95.2 Å². The molecule has 0 saturated carbocycles. The molecule has 290 valence electrons. The summed E-state index contributed by atoms with van der Waals surface area (Å²) in [7, 11) is 0. The van der Waals surface area contributed by atoms with Crippen LogP contribution in [0, 0.1) is 25.5 Å². The summed E-state index contributed by atoms with van der Waals surface area (Å²) < 4.78 is 41.7. The zero-order chi connectivity index (χ0) is 38.4. The predicted octanol–water partition coefficient (Wildman–Crippen LogP) is 2.04. The van der Waals surface area contributed by atoms with Gasteiger partial charge in [-0.25, -0.2) is 28.3 Å². The van der Waals surface area contributed by atoms with Crippen LogP contribution in [0.5, 0.6) is 0 Å². The molecule has 2 aliphatic heterocycles. The molecule has 1 N–H and O–H groups in total. The fourth-order valence-corrected chi connectivity index (χ4v) is 6.66. The number of hydrogen-bond donors (Lipinski definition) is 1. The fourth-order valence-electron chi connectivity index (χ4n) is 4.86. The number of H-pyrrole nitrogens is 1. The third-order valence-electron chi connectivity index (χ3n) is 6.92. The van der Waals surface area contributed by atoms with E-state index in [0.29, 0.717) is 32.5 Å². The maximum atomic E-state index is 14.0. The van der Waals surface area contributed by atoms with Gasteiger partial charge in [0.1, 0.15) is 33.9 Å². The van der Waals surface area contributed by atoms with Crippen molar-refractivity contribution in [3.8, 4) is 0 Å². The van der Waals surface area contributed by atoms with Crippen molar-refractivity contribution in [3.63, 3.8) is 0 Å². The van der Waals surface area contributed by atoms with Gasteiger partial charge in [0.25, 0.3) is 6.47 Å². The second-order valence-corrected chi connectivity index (χ2v) is 17.2. The van der Waals surface area contributed by atoms with Gasteiger partial charge in [-0.1, -0.05) is 61.9 Å². The Labute approximate surface area is 431 Å². The number of benzene rings is 2. The van der Waals surface area contributed by atoms with Crippen molar-refractivity contribution in [3.05, 3.63) is 56.5 Å². The molecule has 13 nitrogen and oxygen atoms in total. The molecule has 0 aliphatic carbocycles. The Morgan fingerprint density at radius 1 is 0.889 bits per heavy atom. The molecule has 0 radical (unpaired) electrons. The Morgan fingerprint density at radius 2 is 1.33 bits per heavy atom. The number of ether oxygens (including phenoxy) is 2. The van der Waals surface area contributed by atoms with Gasteiger partial charge in [-0.2, -0.15) is 0 Å². The maximum Gasteiger partial charge on any atom is 1.00 e. The Hall–Kier alpha value is 0.173. The normalized spacial score (nSPS) is 13.7. The van der Waals surface area contributed by atoms with E-state index in [1.807, 2.05) is 59.1 Å². The van der Waals surface area contributed by atoms with Crippen LogP contribution in [-0.2, 0) is 19.2 Å². The molecule has 2 fully saturated rings. The van der Waals surface area contributed by atoms with Crippen LogP contribution in [0.15, 0.2) is 33.2 Å². The molecule has 0 spiro atoms. The van der Waals surface area contributed by atoms with Gasteiger partial charge < -0.3 is 40.4 Å². The predicted molar refractivity (Wildman–Crippen MR) is 208 cm³/mol. The number of aryl methyl sites for hydroxylation is 2. The SMILES string of the molecule is C.CC(C)(C)OC(=O)N1CC(I)C1.Cc1nc2c(F)cc(Br)cc2[nH]1.Cc1nc2c(F)cc(Br)cc2n1C1CN(C(=O)OC(C)(C)C)C1.O=CO[O-].[H-].[K+].[K+]. The van der Waals surface area contributed by atoms with Gasteiger partial charge in [0.05, 0.1) is 17.1 Å². The summed E-state index contributed by atoms with van der Waals surface area (Å²) in [5, 5.41) is 8.43. The number of halogens is 5. The van der Waals surface area contributed by atoms with E-state index >= 15 is 0 Å². The van der Waals surface area contributed by atoms with Gasteiger partial charge in [0.2, 0.25) is 0 Å². The molecule has 54 heavy (non-hydrogen) atoms. The zero-order valence-corrected chi connectivity index (χ0v) is 42.9. The molecule has 2 aromatic heterocycles. The van der Waals surface area contributed by atoms with Gasteiger partial charge in [-0.3, -0.25) is 4.79 Å². The number of carbonyl (C=O) groups excluding carboxylic acids is 3. The zero-order valence-electron chi connectivity index (χ0n) is 32.4. The number of aromatic nitrogens is 4. The van der Waals surface area contributed by atoms with Crippen LogP contribution in [0.1, 0.15) is 68.1 Å². The average molecular weight is 1050 g/mol. The summed E-state index contributed by atoms with van der Waals surface area (Å²) in [4.78, 5) is 49.2. The summed E-state index contributed by atoms with van der Waals surface area (Å²) in [6, 6.07) is 6.56. The molecule has 2 aliphatic rings. The maximum absolute atomic E-state index is 14.0. The topological polar surface area (TPSA) is 155 Å². The van der Waals surface area contributed by atoms with E-state index in [0.717, 1.165) is 40.2 Å². The van der Waals surface area contributed by atoms with Crippen molar-refractivity contribution in [2.24, 2.45) is 0 Å². The van der Waals surface area contributed by atoms with Crippen molar-refractivity contribution < 1.29 is 147 Å². The van der Waals surface area contributed by atoms with E-state index in [2.05, 4.69) is 74.3 Å². The Morgan fingerprint density at radius 3 is 1.78 bits per heavy atom. The fraction of sp³-hybridized carbons (Fsp3) is 0.500. The number of fused-ring (bicyclic) bond motifs is 2. The van der Waals surface area contributed by atoms with Crippen molar-refractivity contribution in [2.45, 2.75) is 84.0 Å². The summed E-state index contributed by atoms with van der Waals surface area (Å²) in [5.41, 5.74) is 1.35. The first kappa shape index (κ1) is 54.2. The molecule has 4 heterocycles. The number of rotatable bonds is 2. The summed E-state index contributed by atoms with van der Waals surface area (Å²) in [6.07, 6.45) is -0.501. The molecule has 6 rings (SSSR count). The van der Waals surface area contributed by atoms with E-state index in [1.165, 1.54) is 12.1 Å². The first-order chi connectivity index (χ1) is 23.6. The largest absolute Gasteiger partial charge is 1.00 e. The molecule has 4 aromatic rings. The van der Waals surface area contributed by atoms with Gasteiger partial charge in [-0.15, -0.1) is 0 Å². The second-order valence-electron chi connectivity index (χ2n) is 13.6. The smallest absolute Gasteiger partial charge is 1.00 e. The van der Waals surface area contributed by atoms with Gasteiger partial charge in [0.15, 0.2) is 11.6 Å². The average Bonchev–Trinajstić information content (AvgIpc) is 3.48. The molecule has 0 atom stereocenters. The monoisotopic (exact) mass is 1050 g/mol. The molecular weight excluding hydrogens is 1010 g/mol. The van der Waals surface area contributed by atoms with Crippen LogP contribution in [0.25, 0.3) is 22.1 Å². The molecule has 2 saturated heterocycles. The molecule has 2 aromatic carbocycles. The first-order valence-corrected chi connectivity index (χ1v) is 18.4. The van der Waals surface area contributed by atoms with E-state index in [4.69, 9.17) is 19.5 Å². The van der Waals surface area contributed by atoms with Crippen LogP contribution in [0.3, 0.4) is 0 Å². The first-order valence-electron chi connectivity index (χ1n) is 15.6. The minimum Gasteiger partial charge on any atom is -1.00 e. The molecule has 20 heteroatoms. The van der Waals surface area contributed by atoms with Crippen molar-refractivity contribution in [1.82, 2.24) is 29.3 Å². The minimum absolute atomic E-state index is 0. The van der Waals surface area contributed by atoms with E-state index in [9.17, 15) is 18.4 Å². The van der Waals surface area contributed by atoms with Crippen molar-refractivity contribution in [2.75, 3.05) is 26.2 Å². The molecule has 0 unspecified atom stereocenters. The molecular formula is C34H45Br2F2IK2N6O7. The third-order valence-corrected chi connectivity index (χ3v) is 8.62. The Bertz CT molecular complexity index is 1870. The second kappa shape index (κ2) is 23.7. The number of aromatic amines is 1. The van der Waals surface area contributed by atoms with E-state index in [-0.39, 0.29) is 154 Å². The number of likely N-dealkylation sites (tertiary alicyclic amines) is 2. The molecule has 2 amide bonds. The van der Waals surface area contributed by atoms with Crippen LogP contribution >= 0.6 is 54.5 Å². The molecule has 0 bridgehead atoms. The quantitative estimate of drug-likeness (QED) is 0.0794. The van der Waals surface area contributed by atoms with Crippen LogP contribution in [0.4, 0.5) is 18.4 Å². The van der Waals surface area contributed by atoms with Gasteiger partial charge in [0, 0.05) is 39.0 Å². The van der Waals surface area contributed by atoms with Crippen LogP contribution in [-0.4, -0.2) is 89.3 Å². The third kappa shape index (κ3) is 16.4. The number of nitrogens with zero attached hydrogens (tertiary/aromatic N) is 5. The Balaban J connectivity index is 0. The van der Waals surface area contributed by atoms with Gasteiger partial charge >= 0.3 is 115 Å². The minimum atomic E-state index is -0.506.